The Morgan fingerprint density at radius 1 is 1.33 bits per heavy atom. The van der Waals surface area contributed by atoms with Crippen LogP contribution in [0, 0.1) is 0 Å². The van der Waals surface area contributed by atoms with Crippen molar-refractivity contribution in [2.75, 3.05) is 32.6 Å². The van der Waals surface area contributed by atoms with E-state index in [0.717, 1.165) is 31.9 Å². The number of nitrogens with zero attached hydrogens (tertiary/aromatic N) is 1. The molecule has 1 rings (SSSR count). The van der Waals surface area contributed by atoms with Gasteiger partial charge in [-0.05, 0) is 25.1 Å². The SMILES string of the molecule is COCCCNCCSc1ccncc1. The van der Waals surface area contributed by atoms with Crippen LogP contribution < -0.4 is 5.32 Å². The van der Waals surface area contributed by atoms with Gasteiger partial charge in [0.15, 0.2) is 0 Å². The molecule has 1 aromatic heterocycles. The molecule has 0 saturated carbocycles. The highest BCUT2D eigenvalue weighted by Crippen LogP contribution is 2.14. The molecule has 0 bridgehead atoms. The molecule has 0 aliphatic rings. The predicted octanol–water partition coefficient (Wildman–Crippen LogP) is 1.80. The lowest BCUT2D eigenvalue weighted by atomic mass is 10.4. The molecule has 1 heterocycles. The van der Waals surface area contributed by atoms with Crippen LogP contribution >= 0.6 is 11.8 Å². The summed E-state index contributed by atoms with van der Waals surface area (Å²) in [6, 6.07) is 4.07. The van der Waals surface area contributed by atoms with E-state index in [1.807, 2.05) is 36.3 Å². The first-order valence-corrected chi connectivity index (χ1v) is 6.14. The summed E-state index contributed by atoms with van der Waals surface area (Å²) in [5, 5.41) is 3.37. The number of pyridine rings is 1. The monoisotopic (exact) mass is 226 g/mol. The van der Waals surface area contributed by atoms with Gasteiger partial charge < -0.3 is 10.1 Å². The van der Waals surface area contributed by atoms with Gasteiger partial charge >= 0.3 is 0 Å². The van der Waals surface area contributed by atoms with Gasteiger partial charge in [-0.15, -0.1) is 11.8 Å². The number of methoxy groups -OCH3 is 1. The maximum Gasteiger partial charge on any atom is 0.0474 e. The van der Waals surface area contributed by atoms with E-state index in [-0.39, 0.29) is 0 Å². The van der Waals surface area contributed by atoms with Gasteiger partial charge in [-0.25, -0.2) is 0 Å². The van der Waals surface area contributed by atoms with Gasteiger partial charge in [-0.2, -0.15) is 0 Å². The molecular weight excluding hydrogens is 208 g/mol. The highest BCUT2D eigenvalue weighted by molar-refractivity contribution is 7.99. The summed E-state index contributed by atoms with van der Waals surface area (Å²) in [7, 11) is 1.74. The average Bonchev–Trinajstić information content (AvgIpc) is 2.29. The van der Waals surface area contributed by atoms with Gasteiger partial charge in [0.2, 0.25) is 0 Å². The molecule has 0 radical (unpaired) electrons. The Labute approximate surface area is 95.6 Å². The minimum atomic E-state index is 0.838. The lowest BCUT2D eigenvalue weighted by Crippen LogP contribution is -2.19. The lowest BCUT2D eigenvalue weighted by molar-refractivity contribution is 0.194. The van der Waals surface area contributed by atoms with E-state index in [9.17, 15) is 0 Å². The fraction of sp³-hybridized carbons (Fsp3) is 0.545. The first kappa shape index (κ1) is 12.5. The van der Waals surface area contributed by atoms with E-state index < -0.39 is 0 Å². The number of hydrogen-bond donors (Lipinski definition) is 1. The molecule has 0 spiro atoms. The molecule has 0 amide bonds. The summed E-state index contributed by atoms with van der Waals surface area (Å²) in [6.07, 6.45) is 4.74. The largest absolute Gasteiger partial charge is 0.385 e. The number of aromatic nitrogens is 1. The van der Waals surface area contributed by atoms with Crippen LogP contribution in [0.3, 0.4) is 0 Å². The molecule has 0 unspecified atom stereocenters. The molecule has 1 aromatic rings. The first-order chi connectivity index (χ1) is 7.43. The smallest absolute Gasteiger partial charge is 0.0474 e. The Hall–Kier alpha value is -0.580. The third-order valence-electron chi connectivity index (χ3n) is 1.90. The molecular formula is C11H18N2OS. The van der Waals surface area contributed by atoms with Crippen molar-refractivity contribution in [3.63, 3.8) is 0 Å². The molecule has 15 heavy (non-hydrogen) atoms. The second kappa shape index (κ2) is 8.71. The molecule has 0 fully saturated rings. The molecule has 0 aliphatic carbocycles. The Morgan fingerprint density at radius 3 is 2.87 bits per heavy atom. The van der Waals surface area contributed by atoms with Crippen LogP contribution in [-0.2, 0) is 4.74 Å². The molecule has 0 aliphatic heterocycles. The minimum absolute atomic E-state index is 0.838. The highest BCUT2D eigenvalue weighted by atomic mass is 32.2. The van der Waals surface area contributed by atoms with Crippen molar-refractivity contribution in [2.45, 2.75) is 11.3 Å². The number of hydrogen-bond acceptors (Lipinski definition) is 4. The van der Waals surface area contributed by atoms with Gasteiger partial charge in [0.05, 0.1) is 0 Å². The third kappa shape index (κ3) is 6.49. The predicted molar refractivity (Wildman–Crippen MR) is 64.3 cm³/mol. The zero-order chi connectivity index (χ0) is 10.8. The van der Waals surface area contributed by atoms with Crippen molar-refractivity contribution in [1.82, 2.24) is 10.3 Å². The molecule has 1 N–H and O–H groups in total. The van der Waals surface area contributed by atoms with Crippen LogP contribution in [-0.4, -0.2) is 37.5 Å². The van der Waals surface area contributed by atoms with Crippen molar-refractivity contribution < 1.29 is 4.74 Å². The number of nitrogens with one attached hydrogen (secondary N) is 1. The summed E-state index contributed by atoms with van der Waals surface area (Å²) in [4.78, 5) is 5.26. The van der Waals surface area contributed by atoms with E-state index in [1.165, 1.54) is 4.90 Å². The zero-order valence-corrected chi connectivity index (χ0v) is 9.93. The van der Waals surface area contributed by atoms with Crippen molar-refractivity contribution in [1.29, 1.82) is 0 Å². The standard InChI is InChI=1S/C11H18N2OS/c1-14-9-2-5-12-8-10-15-11-3-6-13-7-4-11/h3-4,6-7,12H,2,5,8-10H2,1H3. The number of thioether (sulfide) groups is 1. The van der Waals surface area contributed by atoms with E-state index in [0.29, 0.717) is 0 Å². The molecule has 0 atom stereocenters. The van der Waals surface area contributed by atoms with E-state index in [2.05, 4.69) is 10.3 Å². The summed E-state index contributed by atoms with van der Waals surface area (Å²) < 4.78 is 4.97. The Kier molecular flexibility index (Phi) is 7.25. The summed E-state index contributed by atoms with van der Waals surface area (Å²) >= 11 is 1.85. The van der Waals surface area contributed by atoms with Gasteiger partial charge in [-0.3, -0.25) is 4.98 Å². The highest BCUT2D eigenvalue weighted by Gasteiger charge is 1.92. The summed E-state index contributed by atoms with van der Waals surface area (Å²) in [5.74, 6) is 1.09. The summed E-state index contributed by atoms with van der Waals surface area (Å²) in [6.45, 7) is 2.91. The van der Waals surface area contributed by atoms with Gasteiger partial charge in [0, 0.05) is 43.3 Å². The van der Waals surface area contributed by atoms with Crippen LogP contribution in [0.4, 0.5) is 0 Å². The maximum atomic E-state index is 4.97. The molecule has 0 saturated heterocycles. The normalized spacial score (nSPS) is 10.5. The van der Waals surface area contributed by atoms with Crippen molar-refractivity contribution >= 4 is 11.8 Å². The molecule has 4 heteroatoms. The van der Waals surface area contributed by atoms with Crippen LogP contribution in [0.1, 0.15) is 6.42 Å². The first-order valence-electron chi connectivity index (χ1n) is 5.16. The van der Waals surface area contributed by atoms with Crippen molar-refractivity contribution in [2.24, 2.45) is 0 Å². The number of ether oxygens (including phenoxy) is 1. The average molecular weight is 226 g/mol. The zero-order valence-electron chi connectivity index (χ0n) is 9.11. The van der Waals surface area contributed by atoms with Crippen molar-refractivity contribution in [3.8, 4) is 0 Å². The van der Waals surface area contributed by atoms with Gasteiger partial charge in [0.25, 0.3) is 0 Å². The quantitative estimate of drug-likeness (QED) is 0.541. The van der Waals surface area contributed by atoms with E-state index in [4.69, 9.17) is 4.74 Å². The van der Waals surface area contributed by atoms with E-state index >= 15 is 0 Å². The maximum absolute atomic E-state index is 4.97. The third-order valence-corrected chi connectivity index (χ3v) is 2.91. The van der Waals surface area contributed by atoms with Crippen LogP contribution in [0.2, 0.25) is 0 Å². The Bertz CT molecular complexity index is 244. The topological polar surface area (TPSA) is 34.1 Å². The summed E-state index contributed by atoms with van der Waals surface area (Å²) in [5.41, 5.74) is 0. The lowest BCUT2D eigenvalue weighted by Gasteiger charge is -2.04. The Balaban J connectivity index is 1.93. The fourth-order valence-electron chi connectivity index (χ4n) is 1.14. The second-order valence-electron chi connectivity index (χ2n) is 3.13. The Morgan fingerprint density at radius 2 is 2.13 bits per heavy atom. The van der Waals surface area contributed by atoms with Crippen molar-refractivity contribution in [3.05, 3.63) is 24.5 Å². The van der Waals surface area contributed by atoms with Crippen LogP contribution in [0.15, 0.2) is 29.4 Å². The minimum Gasteiger partial charge on any atom is -0.385 e. The number of rotatable bonds is 8. The molecule has 84 valence electrons. The van der Waals surface area contributed by atoms with Gasteiger partial charge in [-0.1, -0.05) is 0 Å². The second-order valence-corrected chi connectivity index (χ2v) is 4.30. The molecule has 0 aromatic carbocycles. The van der Waals surface area contributed by atoms with Gasteiger partial charge in [0.1, 0.15) is 0 Å². The van der Waals surface area contributed by atoms with E-state index in [1.54, 1.807) is 7.11 Å². The van der Waals surface area contributed by atoms with Crippen LogP contribution in [0.25, 0.3) is 0 Å². The fourth-order valence-corrected chi connectivity index (χ4v) is 1.94. The van der Waals surface area contributed by atoms with Crippen LogP contribution in [0.5, 0.6) is 0 Å². The molecule has 3 nitrogen and oxygen atoms in total.